The van der Waals surface area contributed by atoms with E-state index < -0.39 is 11.0 Å². The Balaban J connectivity index is 2.73. The number of nitrogens with one attached hydrogen (secondary N) is 2. The number of nitro benzene ring substituents is 1. The molecule has 1 atom stereocenters. The topological polar surface area (TPSA) is 104 Å². The molecule has 1 rings (SSSR count). The minimum atomic E-state index is -0.576. The predicted octanol–water partition coefficient (Wildman–Crippen LogP) is 2.14. The average molecular weight is 288 g/mol. The molecule has 0 aliphatic carbocycles. The minimum absolute atomic E-state index is 0.0426. The highest BCUT2D eigenvalue weighted by Gasteiger charge is 2.13. The molecule has 0 aliphatic heterocycles. The molecule has 104 valence electrons. The van der Waals surface area contributed by atoms with Crippen molar-refractivity contribution in [2.75, 3.05) is 11.9 Å². The van der Waals surface area contributed by atoms with Gasteiger partial charge in [0.2, 0.25) is 0 Å². The molecule has 8 heteroatoms. The molecule has 0 fully saturated rings. The van der Waals surface area contributed by atoms with Crippen molar-refractivity contribution in [1.29, 1.82) is 0 Å². The summed E-state index contributed by atoms with van der Waals surface area (Å²) in [6.45, 7) is 1.68. The summed E-state index contributed by atoms with van der Waals surface area (Å²) < 4.78 is 0. The second-order valence-corrected chi connectivity index (χ2v) is 4.34. The lowest BCUT2D eigenvalue weighted by Gasteiger charge is -2.13. The number of amides is 2. The normalized spacial score (nSPS) is 11.7. The summed E-state index contributed by atoms with van der Waals surface area (Å²) in [5.74, 6) is 0. The number of nitrogens with zero attached hydrogens (tertiary/aromatic N) is 1. The minimum Gasteiger partial charge on any atom is -0.396 e. The summed E-state index contributed by atoms with van der Waals surface area (Å²) >= 11 is 5.84. The van der Waals surface area contributed by atoms with Crippen LogP contribution in [0.4, 0.5) is 16.2 Å². The molecule has 0 saturated carbocycles. The smallest absolute Gasteiger partial charge is 0.319 e. The third-order valence-corrected chi connectivity index (χ3v) is 2.68. The first-order valence-corrected chi connectivity index (χ1v) is 5.94. The maximum atomic E-state index is 11.6. The number of carbonyl (C=O) groups excluding carboxylic acids is 1. The van der Waals surface area contributed by atoms with Crippen LogP contribution < -0.4 is 10.6 Å². The van der Waals surface area contributed by atoms with Crippen LogP contribution in [0, 0.1) is 10.1 Å². The van der Waals surface area contributed by atoms with Gasteiger partial charge in [0.25, 0.3) is 5.69 Å². The number of aliphatic hydroxyl groups excluding tert-OH is 1. The molecule has 0 unspecified atom stereocenters. The third kappa shape index (κ3) is 4.72. The highest BCUT2D eigenvalue weighted by Crippen LogP contribution is 2.26. The lowest BCUT2D eigenvalue weighted by molar-refractivity contribution is -0.384. The van der Waals surface area contributed by atoms with Crippen LogP contribution in [0.2, 0.25) is 5.02 Å². The van der Waals surface area contributed by atoms with Crippen LogP contribution in [-0.2, 0) is 0 Å². The summed E-state index contributed by atoms with van der Waals surface area (Å²) in [6.07, 6.45) is 0.413. The van der Waals surface area contributed by atoms with Gasteiger partial charge in [0.15, 0.2) is 0 Å². The van der Waals surface area contributed by atoms with Crippen molar-refractivity contribution in [2.24, 2.45) is 0 Å². The first-order valence-electron chi connectivity index (χ1n) is 5.56. The standard InChI is InChI=1S/C11H14ClN3O4/c1-7(4-5-16)13-11(17)14-10-6-8(15(18)19)2-3-9(10)12/h2-3,6-7,16H,4-5H2,1H3,(H2,13,14,17)/t7-/m0/s1. The average Bonchev–Trinajstić information content (AvgIpc) is 2.31. The second-order valence-electron chi connectivity index (χ2n) is 3.93. The van der Waals surface area contributed by atoms with Crippen molar-refractivity contribution < 1.29 is 14.8 Å². The fourth-order valence-corrected chi connectivity index (χ4v) is 1.54. The van der Waals surface area contributed by atoms with Gasteiger partial charge in [-0.25, -0.2) is 4.79 Å². The van der Waals surface area contributed by atoms with E-state index in [1.54, 1.807) is 6.92 Å². The van der Waals surface area contributed by atoms with Gasteiger partial charge in [-0.2, -0.15) is 0 Å². The number of halogens is 1. The molecule has 2 amide bonds. The van der Waals surface area contributed by atoms with Gasteiger partial charge < -0.3 is 15.7 Å². The Labute approximate surface area is 114 Å². The monoisotopic (exact) mass is 287 g/mol. The molecule has 0 radical (unpaired) electrons. The number of nitro groups is 1. The Morgan fingerprint density at radius 3 is 2.84 bits per heavy atom. The van der Waals surface area contributed by atoms with Crippen LogP contribution in [0.3, 0.4) is 0 Å². The number of anilines is 1. The van der Waals surface area contributed by atoms with Gasteiger partial charge in [-0.1, -0.05) is 11.6 Å². The third-order valence-electron chi connectivity index (χ3n) is 2.35. The van der Waals surface area contributed by atoms with Gasteiger partial charge in [-0.15, -0.1) is 0 Å². The number of aliphatic hydroxyl groups is 1. The van der Waals surface area contributed by atoms with E-state index in [4.69, 9.17) is 16.7 Å². The Hall–Kier alpha value is -1.86. The van der Waals surface area contributed by atoms with Gasteiger partial charge in [-0.05, 0) is 19.4 Å². The van der Waals surface area contributed by atoms with Gasteiger partial charge in [0.1, 0.15) is 0 Å². The number of hydrogen-bond donors (Lipinski definition) is 3. The van der Waals surface area contributed by atoms with Gasteiger partial charge in [-0.3, -0.25) is 10.1 Å². The highest BCUT2D eigenvalue weighted by atomic mass is 35.5. The number of benzene rings is 1. The van der Waals surface area contributed by atoms with Crippen molar-refractivity contribution in [3.63, 3.8) is 0 Å². The van der Waals surface area contributed by atoms with Gasteiger partial charge >= 0.3 is 6.03 Å². The van der Waals surface area contributed by atoms with Gasteiger partial charge in [0.05, 0.1) is 15.6 Å². The predicted molar refractivity (Wildman–Crippen MR) is 71.4 cm³/mol. The Bertz CT molecular complexity index is 481. The molecular weight excluding hydrogens is 274 g/mol. The van der Waals surface area contributed by atoms with Crippen LogP contribution in [0.5, 0.6) is 0 Å². The highest BCUT2D eigenvalue weighted by molar-refractivity contribution is 6.33. The summed E-state index contributed by atoms with van der Waals surface area (Å²) in [4.78, 5) is 21.6. The second kappa shape index (κ2) is 6.91. The zero-order valence-corrected chi connectivity index (χ0v) is 11.0. The molecule has 19 heavy (non-hydrogen) atoms. The quantitative estimate of drug-likeness (QED) is 0.570. The molecule has 0 aliphatic rings. The first-order chi connectivity index (χ1) is 8.93. The number of urea groups is 1. The molecule has 7 nitrogen and oxygen atoms in total. The summed E-state index contributed by atoms with van der Waals surface area (Å²) in [5.41, 5.74) is -0.00679. The van der Waals surface area contributed by atoms with E-state index in [-0.39, 0.29) is 29.0 Å². The van der Waals surface area contributed by atoms with E-state index in [2.05, 4.69) is 10.6 Å². The van der Waals surface area contributed by atoms with Crippen LogP contribution in [0.15, 0.2) is 18.2 Å². The fourth-order valence-electron chi connectivity index (χ4n) is 1.37. The lowest BCUT2D eigenvalue weighted by Crippen LogP contribution is -2.36. The molecule has 0 saturated heterocycles. The number of hydrogen-bond acceptors (Lipinski definition) is 4. The zero-order valence-electron chi connectivity index (χ0n) is 10.2. The van der Waals surface area contributed by atoms with Crippen molar-refractivity contribution in [3.8, 4) is 0 Å². The molecule has 0 bridgehead atoms. The van der Waals surface area contributed by atoms with E-state index in [1.165, 1.54) is 18.2 Å². The van der Waals surface area contributed by atoms with Gasteiger partial charge in [0, 0.05) is 24.8 Å². The summed E-state index contributed by atoms with van der Waals surface area (Å²) in [7, 11) is 0. The van der Waals surface area contributed by atoms with E-state index >= 15 is 0 Å². The maximum Gasteiger partial charge on any atom is 0.319 e. The molecule has 0 heterocycles. The van der Waals surface area contributed by atoms with Crippen molar-refractivity contribution in [3.05, 3.63) is 33.3 Å². The molecule has 3 N–H and O–H groups in total. The van der Waals surface area contributed by atoms with Crippen LogP contribution in [-0.4, -0.2) is 28.7 Å². The summed E-state index contributed by atoms with van der Waals surface area (Å²) in [6, 6.07) is 3.01. The SMILES string of the molecule is C[C@@H](CCO)NC(=O)Nc1cc([N+](=O)[O-])ccc1Cl. The number of carbonyl (C=O) groups is 1. The van der Waals surface area contributed by atoms with Crippen LogP contribution in [0.1, 0.15) is 13.3 Å². The van der Waals surface area contributed by atoms with E-state index in [0.29, 0.717) is 6.42 Å². The van der Waals surface area contributed by atoms with E-state index in [0.717, 1.165) is 0 Å². The fraction of sp³-hybridized carbons (Fsp3) is 0.364. The Morgan fingerprint density at radius 2 is 2.26 bits per heavy atom. The lowest BCUT2D eigenvalue weighted by atomic mass is 10.2. The number of non-ortho nitro benzene ring substituents is 1. The number of rotatable bonds is 5. The van der Waals surface area contributed by atoms with Crippen LogP contribution in [0.25, 0.3) is 0 Å². The molecule has 0 aromatic heterocycles. The zero-order chi connectivity index (χ0) is 14.4. The maximum absolute atomic E-state index is 11.6. The molecule has 1 aromatic rings. The van der Waals surface area contributed by atoms with E-state index in [9.17, 15) is 14.9 Å². The molecular formula is C11H14ClN3O4. The van der Waals surface area contributed by atoms with Crippen molar-refractivity contribution in [2.45, 2.75) is 19.4 Å². The molecule has 0 spiro atoms. The van der Waals surface area contributed by atoms with Crippen LogP contribution >= 0.6 is 11.6 Å². The van der Waals surface area contributed by atoms with Crippen molar-refractivity contribution >= 4 is 29.0 Å². The Kier molecular flexibility index (Phi) is 5.53. The van der Waals surface area contributed by atoms with Crippen molar-refractivity contribution in [1.82, 2.24) is 5.32 Å². The largest absolute Gasteiger partial charge is 0.396 e. The Morgan fingerprint density at radius 1 is 1.58 bits per heavy atom. The first kappa shape index (κ1) is 15.2. The van der Waals surface area contributed by atoms with E-state index in [1.807, 2.05) is 0 Å². The summed E-state index contributed by atoms with van der Waals surface area (Å²) in [5, 5.41) is 24.5. The molecule has 1 aromatic carbocycles.